The second kappa shape index (κ2) is 9.50. The van der Waals surface area contributed by atoms with Crippen LogP contribution in [0.5, 0.6) is 0 Å². The highest BCUT2D eigenvalue weighted by atomic mass is 32.2. The molecule has 0 spiro atoms. The Hall–Kier alpha value is -2.33. The Kier molecular flexibility index (Phi) is 6.47. The summed E-state index contributed by atoms with van der Waals surface area (Å²) in [6.45, 7) is 2.27. The number of thiazole rings is 1. The van der Waals surface area contributed by atoms with Crippen LogP contribution in [0.1, 0.15) is 47.0 Å². The van der Waals surface area contributed by atoms with Crippen molar-refractivity contribution < 1.29 is 17.9 Å². The zero-order chi connectivity index (χ0) is 22.8. The quantitative estimate of drug-likeness (QED) is 0.574. The van der Waals surface area contributed by atoms with Crippen molar-refractivity contribution in [1.29, 1.82) is 0 Å². The van der Waals surface area contributed by atoms with Gasteiger partial charge in [-0.1, -0.05) is 12.1 Å². The Morgan fingerprint density at radius 2 is 1.94 bits per heavy atom. The molecule has 9 heteroatoms. The van der Waals surface area contributed by atoms with Crippen LogP contribution in [0, 0.1) is 0 Å². The number of sulfonamides is 1. The second-order valence-electron chi connectivity index (χ2n) is 8.62. The van der Waals surface area contributed by atoms with Gasteiger partial charge in [-0.05, 0) is 62.1 Å². The van der Waals surface area contributed by atoms with Crippen molar-refractivity contribution in [2.24, 2.45) is 0 Å². The van der Waals surface area contributed by atoms with Gasteiger partial charge in [-0.3, -0.25) is 4.79 Å². The molecular formula is C24H27N3O4S2. The van der Waals surface area contributed by atoms with Crippen molar-refractivity contribution in [2.45, 2.75) is 42.6 Å². The molecule has 1 N–H and O–H groups in total. The minimum Gasteiger partial charge on any atom is -0.377 e. The number of aromatic nitrogens is 1. The number of carbonyl (C=O) groups excluding carboxylic acids is 1. The lowest BCUT2D eigenvalue weighted by Crippen LogP contribution is -2.39. The number of benzene rings is 2. The van der Waals surface area contributed by atoms with E-state index in [4.69, 9.17) is 9.72 Å². The van der Waals surface area contributed by atoms with E-state index >= 15 is 0 Å². The third-order valence-electron chi connectivity index (χ3n) is 6.30. The van der Waals surface area contributed by atoms with E-state index in [2.05, 4.69) is 10.8 Å². The van der Waals surface area contributed by atoms with E-state index in [-0.39, 0.29) is 29.4 Å². The molecule has 174 valence electrons. The van der Waals surface area contributed by atoms with Crippen molar-refractivity contribution in [3.63, 3.8) is 0 Å². The molecule has 33 heavy (non-hydrogen) atoms. The van der Waals surface area contributed by atoms with Gasteiger partial charge in [-0.2, -0.15) is 0 Å². The number of nitrogens with one attached hydrogen (secondary N) is 1. The molecule has 2 atom stereocenters. The first-order valence-electron chi connectivity index (χ1n) is 11.4. The third-order valence-corrected chi connectivity index (χ3v) is 8.94. The van der Waals surface area contributed by atoms with Crippen molar-refractivity contribution in [1.82, 2.24) is 14.6 Å². The summed E-state index contributed by atoms with van der Waals surface area (Å²) < 4.78 is 34.4. The van der Waals surface area contributed by atoms with E-state index in [1.165, 1.54) is 16.8 Å². The first-order chi connectivity index (χ1) is 16.0. The van der Waals surface area contributed by atoms with E-state index in [0.717, 1.165) is 36.2 Å². The van der Waals surface area contributed by atoms with Gasteiger partial charge in [0.1, 0.15) is 0 Å². The highest BCUT2D eigenvalue weighted by Crippen LogP contribution is 2.33. The van der Waals surface area contributed by atoms with Crippen LogP contribution in [-0.2, 0) is 14.8 Å². The van der Waals surface area contributed by atoms with Crippen molar-refractivity contribution in [3.8, 4) is 0 Å². The van der Waals surface area contributed by atoms with Gasteiger partial charge in [0.15, 0.2) is 0 Å². The van der Waals surface area contributed by atoms with Crippen molar-refractivity contribution in [2.75, 3.05) is 26.2 Å². The maximum absolute atomic E-state index is 13.1. The van der Waals surface area contributed by atoms with E-state index < -0.39 is 10.0 Å². The summed E-state index contributed by atoms with van der Waals surface area (Å²) in [5.74, 6) is 0.152. The number of fused-ring (bicyclic) bond motifs is 1. The topological polar surface area (TPSA) is 88.6 Å². The van der Waals surface area contributed by atoms with Gasteiger partial charge in [0.05, 0.1) is 26.2 Å². The van der Waals surface area contributed by atoms with Crippen LogP contribution < -0.4 is 4.72 Å². The summed E-state index contributed by atoms with van der Waals surface area (Å²) in [4.78, 5) is 19.9. The van der Waals surface area contributed by atoms with Gasteiger partial charge in [-0.15, -0.1) is 11.3 Å². The molecule has 0 saturated carbocycles. The van der Waals surface area contributed by atoms with Crippen LogP contribution >= 0.6 is 11.3 Å². The van der Waals surface area contributed by atoms with Crippen LogP contribution in [-0.4, -0.2) is 56.6 Å². The Balaban J connectivity index is 1.25. The van der Waals surface area contributed by atoms with E-state index in [1.54, 1.807) is 23.5 Å². The molecule has 5 rings (SSSR count). The fourth-order valence-corrected chi connectivity index (χ4v) is 6.64. The lowest BCUT2D eigenvalue weighted by atomic mass is 9.98. The summed E-state index contributed by atoms with van der Waals surface area (Å²) in [5.41, 5.74) is 1.50. The Morgan fingerprint density at radius 3 is 2.70 bits per heavy atom. The molecule has 3 heterocycles. The number of rotatable bonds is 6. The normalized spacial score (nSPS) is 21.5. The lowest BCUT2D eigenvalue weighted by Gasteiger charge is -2.32. The number of para-hydroxylation sites is 1. The largest absolute Gasteiger partial charge is 0.377 e. The van der Waals surface area contributed by atoms with E-state index in [9.17, 15) is 13.2 Å². The standard InChI is InChI=1S/C24H27N3O4S2/c28-24(17-9-11-20(12-10-17)33(29,30)25-15-19-6-4-14-31-19)27-13-3-5-18(16-27)23-26-21-7-1-2-8-22(21)32-23/h1-2,7-12,18-19,25H,3-6,13-16H2/t18-,19-/m1/s1. The highest BCUT2D eigenvalue weighted by molar-refractivity contribution is 7.89. The number of nitrogens with zero attached hydrogens (tertiary/aromatic N) is 2. The maximum Gasteiger partial charge on any atom is 0.253 e. The molecule has 2 aliphatic rings. The number of amides is 1. The van der Waals surface area contributed by atoms with Crippen LogP contribution in [0.15, 0.2) is 53.4 Å². The predicted molar refractivity (Wildman–Crippen MR) is 128 cm³/mol. The van der Waals surface area contributed by atoms with E-state index in [0.29, 0.717) is 25.3 Å². The predicted octanol–water partition coefficient (Wildman–Crippen LogP) is 3.77. The van der Waals surface area contributed by atoms with Gasteiger partial charge in [0, 0.05) is 37.7 Å². The minimum absolute atomic E-state index is 0.0666. The van der Waals surface area contributed by atoms with E-state index in [1.807, 2.05) is 23.1 Å². The molecular weight excluding hydrogens is 458 g/mol. The van der Waals surface area contributed by atoms with Gasteiger partial charge < -0.3 is 9.64 Å². The smallest absolute Gasteiger partial charge is 0.253 e. The molecule has 2 aromatic carbocycles. The number of ether oxygens (including phenoxy) is 1. The van der Waals surface area contributed by atoms with Crippen LogP contribution in [0.25, 0.3) is 10.2 Å². The Labute approximate surface area is 197 Å². The SMILES string of the molecule is O=C(c1ccc(S(=O)(=O)NC[C@H]2CCCO2)cc1)N1CCC[C@@H](c2nc3ccccc3s2)C1. The number of likely N-dealkylation sites (tertiary alicyclic amines) is 1. The number of hydrogen-bond donors (Lipinski definition) is 1. The summed E-state index contributed by atoms with van der Waals surface area (Å²) >= 11 is 1.70. The average Bonchev–Trinajstić information content (AvgIpc) is 3.52. The summed E-state index contributed by atoms with van der Waals surface area (Å²) in [5, 5.41) is 1.08. The summed E-state index contributed by atoms with van der Waals surface area (Å²) in [6, 6.07) is 14.3. The molecule has 2 saturated heterocycles. The lowest BCUT2D eigenvalue weighted by molar-refractivity contribution is 0.0707. The molecule has 1 amide bonds. The molecule has 0 unspecified atom stereocenters. The second-order valence-corrected chi connectivity index (χ2v) is 11.5. The monoisotopic (exact) mass is 485 g/mol. The summed E-state index contributed by atoms with van der Waals surface area (Å²) in [7, 11) is -3.63. The van der Waals surface area contributed by atoms with Crippen molar-refractivity contribution in [3.05, 3.63) is 59.1 Å². The van der Waals surface area contributed by atoms with Crippen molar-refractivity contribution >= 4 is 37.5 Å². The number of carbonyl (C=O) groups is 1. The Bertz CT molecular complexity index is 1200. The fourth-order valence-electron chi connectivity index (χ4n) is 4.48. The maximum atomic E-state index is 13.1. The molecule has 2 aliphatic heterocycles. The molecule has 0 aliphatic carbocycles. The Morgan fingerprint density at radius 1 is 1.12 bits per heavy atom. The van der Waals surface area contributed by atoms with Gasteiger partial charge in [0.25, 0.3) is 5.91 Å². The molecule has 3 aromatic rings. The third kappa shape index (κ3) is 4.96. The van der Waals surface area contributed by atoms with Gasteiger partial charge in [0.2, 0.25) is 10.0 Å². The van der Waals surface area contributed by atoms with Gasteiger partial charge in [-0.25, -0.2) is 18.1 Å². The van der Waals surface area contributed by atoms with Crippen LogP contribution in [0.2, 0.25) is 0 Å². The van der Waals surface area contributed by atoms with Gasteiger partial charge >= 0.3 is 0 Å². The summed E-state index contributed by atoms with van der Waals surface area (Å²) in [6.07, 6.45) is 3.69. The highest BCUT2D eigenvalue weighted by Gasteiger charge is 2.28. The molecule has 2 fully saturated rings. The van der Waals surface area contributed by atoms with Crippen LogP contribution in [0.3, 0.4) is 0 Å². The number of hydrogen-bond acceptors (Lipinski definition) is 6. The fraction of sp³-hybridized carbons (Fsp3) is 0.417. The molecule has 7 nitrogen and oxygen atoms in total. The minimum atomic E-state index is -3.63. The molecule has 1 aromatic heterocycles. The first-order valence-corrected chi connectivity index (χ1v) is 13.7. The molecule has 0 bridgehead atoms. The molecule has 0 radical (unpaired) electrons. The first kappa shape index (κ1) is 22.5. The van der Waals surface area contributed by atoms with Crippen LogP contribution in [0.4, 0.5) is 0 Å². The number of piperidine rings is 1. The zero-order valence-corrected chi connectivity index (χ0v) is 19.9. The zero-order valence-electron chi connectivity index (χ0n) is 18.3. The average molecular weight is 486 g/mol.